The fourth-order valence-corrected chi connectivity index (χ4v) is 2.95. The Morgan fingerprint density at radius 1 is 1.37 bits per heavy atom. The van der Waals surface area contributed by atoms with Crippen LogP contribution in [0.25, 0.3) is 0 Å². The second kappa shape index (κ2) is 9.04. The lowest BCUT2D eigenvalue weighted by atomic mass is 10.2. The maximum atomic E-state index is 12.1. The second-order valence-electron chi connectivity index (χ2n) is 7.69. The molecule has 6 nitrogen and oxygen atoms in total. The third-order valence-corrected chi connectivity index (χ3v) is 4.57. The summed E-state index contributed by atoms with van der Waals surface area (Å²) >= 11 is 0. The molecule has 1 fully saturated rings. The highest BCUT2D eigenvalue weighted by Crippen LogP contribution is 2.31. The van der Waals surface area contributed by atoms with Gasteiger partial charge < -0.3 is 14.5 Å². The molecule has 1 N–H and O–H groups in total. The lowest BCUT2D eigenvalue weighted by molar-refractivity contribution is 0.0944. The van der Waals surface area contributed by atoms with Crippen molar-refractivity contribution in [2.24, 2.45) is 11.8 Å². The molecule has 1 amide bonds. The second-order valence-corrected chi connectivity index (χ2v) is 7.69. The number of oxazole rings is 1. The van der Waals surface area contributed by atoms with Gasteiger partial charge in [0.15, 0.2) is 5.69 Å². The van der Waals surface area contributed by atoms with E-state index in [1.165, 1.54) is 24.7 Å². The van der Waals surface area contributed by atoms with Crippen molar-refractivity contribution in [1.82, 2.24) is 15.2 Å². The van der Waals surface area contributed by atoms with Gasteiger partial charge >= 0.3 is 0 Å². The third kappa shape index (κ3) is 6.10. The van der Waals surface area contributed by atoms with Crippen LogP contribution in [-0.2, 0) is 13.1 Å². The molecule has 1 heterocycles. The molecular weight excluding hydrogens is 342 g/mol. The smallest absolute Gasteiger partial charge is 0.273 e. The number of ether oxygens (including phenoxy) is 1. The van der Waals surface area contributed by atoms with Crippen LogP contribution < -0.4 is 10.1 Å². The molecule has 3 rings (SSSR count). The Morgan fingerprint density at radius 2 is 2.19 bits per heavy atom. The molecule has 1 aliphatic carbocycles. The minimum Gasteiger partial charge on any atom is -0.497 e. The topological polar surface area (TPSA) is 67.6 Å². The summed E-state index contributed by atoms with van der Waals surface area (Å²) in [4.78, 5) is 18.8. The van der Waals surface area contributed by atoms with E-state index in [-0.39, 0.29) is 5.91 Å². The minimum atomic E-state index is -0.180. The Labute approximate surface area is 160 Å². The van der Waals surface area contributed by atoms with Crippen LogP contribution in [0.5, 0.6) is 5.75 Å². The van der Waals surface area contributed by atoms with E-state index in [0.29, 0.717) is 30.6 Å². The van der Waals surface area contributed by atoms with Crippen LogP contribution in [0, 0.1) is 11.8 Å². The first-order valence-corrected chi connectivity index (χ1v) is 9.61. The van der Waals surface area contributed by atoms with Crippen molar-refractivity contribution in [1.29, 1.82) is 0 Å². The first-order chi connectivity index (χ1) is 13.0. The van der Waals surface area contributed by atoms with Gasteiger partial charge in [0, 0.05) is 19.6 Å². The van der Waals surface area contributed by atoms with E-state index in [2.05, 4.69) is 41.2 Å². The van der Waals surface area contributed by atoms with Crippen LogP contribution in [0.3, 0.4) is 0 Å². The fourth-order valence-electron chi connectivity index (χ4n) is 2.95. The molecule has 1 aromatic carbocycles. The van der Waals surface area contributed by atoms with Gasteiger partial charge in [-0.2, -0.15) is 0 Å². The molecule has 0 unspecified atom stereocenters. The standard InChI is InChI=1S/C21H29N3O3/c1-15(2)10-22-21(25)19-14-27-20(23-19)13-24(11-16-7-8-16)12-17-5-4-6-18(9-17)26-3/h4-6,9,14-16H,7-8,10-13H2,1-3H3,(H,22,25). The number of nitrogens with one attached hydrogen (secondary N) is 1. The summed E-state index contributed by atoms with van der Waals surface area (Å²) in [7, 11) is 1.68. The van der Waals surface area contributed by atoms with Crippen molar-refractivity contribution in [2.45, 2.75) is 39.8 Å². The monoisotopic (exact) mass is 371 g/mol. The molecule has 0 aliphatic heterocycles. The maximum absolute atomic E-state index is 12.1. The number of rotatable bonds is 10. The van der Waals surface area contributed by atoms with Gasteiger partial charge in [0.25, 0.3) is 5.91 Å². The number of hydrogen-bond donors (Lipinski definition) is 1. The van der Waals surface area contributed by atoms with Crippen molar-refractivity contribution >= 4 is 5.91 Å². The summed E-state index contributed by atoms with van der Waals surface area (Å²) in [5.74, 6) is 2.41. The average Bonchev–Trinajstić information content (AvgIpc) is 3.34. The van der Waals surface area contributed by atoms with Crippen LogP contribution in [-0.4, -0.2) is 36.0 Å². The summed E-state index contributed by atoms with van der Waals surface area (Å²) < 4.78 is 10.9. The normalized spacial score (nSPS) is 14.0. The molecule has 146 valence electrons. The Kier molecular flexibility index (Phi) is 6.50. The van der Waals surface area contributed by atoms with Gasteiger partial charge in [0.1, 0.15) is 12.0 Å². The Balaban J connectivity index is 1.63. The van der Waals surface area contributed by atoms with E-state index < -0.39 is 0 Å². The van der Waals surface area contributed by atoms with Crippen LogP contribution in [0.1, 0.15) is 48.6 Å². The Morgan fingerprint density at radius 3 is 2.89 bits per heavy atom. The van der Waals surface area contributed by atoms with Gasteiger partial charge in [0.05, 0.1) is 13.7 Å². The molecule has 27 heavy (non-hydrogen) atoms. The highest BCUT2D eigenvalue weighted by atomic mass is 16.5. The highest BCUT2D eigenvalue weighted by molar-refractivity contribution is 5.91. The van der Waals surface area contributed by atoms with Crippen molar-refractivity contribution < 1.29 is 13.9 Å². The van der Waals surface area contributed by atoms with Crippen molar-refractivity contribution in [2.75, 3.05) is 20.2 Å². The van der Waals surface area contributed by atoms with E-state index in [9.17, 15) is 4.79 Å². The summed E-state index contributed by atoms with van der Waals surface area (Å²) in [6, 6.07) is 8.11. The first kappa shape index (κ1) is 19.4. The number of aromatic nitrogens is 1. The van der Waals surface area contributed by atoms with Crippen LogP contribution in [0.2, 0.25) is 0 Å². The predicted octanol–water partition coefficient (Wildman–Crippen LogP) is 3.48. The third-order valence-electron chi connectivity index (χ3n) is 4.57. The zero-order chi connectivity index (χ0) is 19.2. The van der Waals surface area contributed by atoms with Gasteiger partial charge in [0.2, 0.25) is 5.89 Å². The SMILES string of the molecule is COc1cccc(CN(Cc2nc(C(=O)NCC(C)C)co2)CC2CC2)c1. The molecule has 0 atom stereocenters. The summed E-state index contributed by atoms with van der Waals surface area (Å²) in [6.45, 7) is 7.14. The summed E-state index contributed by atoms with van der Waals surface area (Å²) in [5, 5.41) is 2.87. The van der Waals surface area contributed by atoms with E-state index in [1.807, 2.05) is 12.1 Å². The molecule has 0 spiro atoms. The van der Waals surface area contributed by atoms with Crippen LogP contribution in [0.4, 0.5) is 0 Å². The van der Waals surface area contributed by atoms with Gasteiger partial charge in [-0.1, -0.05) is 26.0 Å². The number of benzene rings is 1. The van der Waals surface area contributed by atoms with Crippen LogP contribution >= 0.6 is 0 Å². The minimum absolute atomic E-state index is 0.180. The molecule has 1 saturated carbocycles. The Hall–Kier alpha value is -2.34. The van der Waals surface area contributed by atoms with Gasteiger partial charge in [-0.05, 0) is 42.4 Å². The van der Waals surface area contributed by atoms with E-state index in [4.69, 9.17) is 9.15 Å². The first-order valence-electron chi connectivity index (χ1n) is 9.61. The summed E-state index contributed by atoms with van der Waals surface area (Å²) in [5.41, 5.74) is 1.54. The molecule has 1 aliphatic rings. The Bertz CT molecular complexity index is 753. The molecule has 0 bridgehead atoms. The predicted molar refractivity (Wildman–Crippen MR) is 104 cm³/mol. The molecule has 1 aromatic heterocycles. The maximum Gasteiger partial charge on any atom is 0.273 e. The fraction of sp³-hybridized carbons (Fsp3) is 0.524. The van der Waals surface area contributed by atoms with E-state index >= 15 is 0 Å². The number of hydrogen-bond acceptors (Lipinski definition) is 5. The largest absolute Gasteiger partial charge is 0.497 e. The zero-order valence-corrected chi connectivity index (χ0v) is 16.4. The lowest BCUT2D eigenvalue weighted by Crippen LogP contribution is -2.28. The quantitative estimate of drug-likeness (QED) is 0.692. The lowest BCUT2D eigenvalue weighted by Gasteiger charge is -2.21. The molecule has 0 saturated heterocycles. The van der Waals surface area contributed by atoms with Gasteiger partial charge in [-0.25, -0.2) is 4.98 Å². The number of nitrogens with zero attached hydrogens (tertiary/aromatic N) is 2. The molecule has 2 aromatic rings. The number of carbonyl (C=O) groups is 1. The molecule has 6 heteroatoms. The van der Waals surface area contributed by atoms with Crippen molar-refractivity contribution in [3.63, 3.8) is 0 Å². The number of carbonyl (C=O) groups excluding carboxylic acids is 1. The highest BCUT2D eigenvalue weighted by Gasteiger charge is 2.25. The zero-order valence-electron chi connectivity index (χ0n) is 16.4. The number of methoxy groups -OCH3 is 1. The van der Waals surface area contributed by atoms with Crippen molar-refractivity contribution in [3.05, 3.63) is 47.7 Å². The average molecular weight is 371 g/mol. The number of amides is 1. The van der Waals surface area contributed by atoms with Gasteiger partial charge in [-0.3, -0.25) is 9.69 Å². The van der Waals surface area contributed by atoms with E-state index in [1.54, 1.807) is 7.11 Å². The van der Waals surface area contributed by atoms with E-state index in [0.717, 1.165) is 24.8 Å². The molecule has 0 radical (unpaired) electrons. The van der Waals surface area contributed by atoms with Crippen LogP contribution in [0.15, 0.2) is 34.9 Å². The summed E-state index contributed by atoms with van der Waals surface area (Å²) in [6.07, 6.45) is 4.01. The van der Waals surface area contributed by atoms with Gasteiger partial charge in [-0.15, -0.1) is 0 Å². The van der Waals surface area contributed by atoms with Crippen molar-refractivity contribution in [3.8, 4) is 5.75 Å². The molecular formula is C21H29N3O3.